The molecule has 0 saturated heterocycles. The lowest BCUT2D eigenvalue weighted by molar-refractivity contribution is -0.142. The molecule has 1 aromatic rings. The van der Waals surface area contributed by atoms with E-state index in [1.807, 2.05) is 27.7 Å². The Morgan fingerprint density at radius 3 is 2.61 bits per heavy atom. The van der Waals surface area contributed by atoms with Gasteiger partial charge in [0.2, 0.25) is 0 Å². The van der Waals surface area contributed by atoms with Crippen molar-refractivity contribution < 1.29 is 13.9 Å². The van der Waals surface area contributed by atoms with Crippen LogP contribution in [0, 0.1) is 13.8 Å². The van der Waals surface area contributed by atoms with Crippen molar-refractivity contribution in [1.29, 1.82) is 0 Å². The van der Waals surface area contributed by atoms with Crippen molar-refractivity contribution in [1.82, 2.24) is 10.3 Å². The average Bonchev–Trinajstić information content (AvgIpc) is 2.62. The van der Waals surface area contributed by atoms with Gasteiger partial charge in [-0.25, -0.2) is 4.98 Å². The Bertz CT molecular complexity index is 385. The summed E-state index contributed by atoms with van der Waals surface area (Å²) in [7, 11) is 1.39. The van der Waals surface area contributed by atoms with Gasteiger partial charge < -0.3 is 14.5 Å². The van der Waals surface area contributed by atoms with E-state index in [1.165, 1.54) is 18.9 Å². The molecule has 102 valence electrons. The van der Waals surface area contributed by atoms with Crippen LogP contribution in [-0.4, -0.2) is 35.9 Å². The molecule has 0 aliphatic carbocycles. The fraction of sp³-hybridized carbons (Fsp3) is 0.667. The number of ether oxygens (including phenoxy) is 1. The van der Waals surface area contributed by atoms with E-state index in [-0.39, 0.29) is 18.1 Å². The molecule has 1 rings (SSSR count). The van der Waals surface area contributed by atoms with Crippen LogP contribution in [0.1, 0.15) is 25.3 Å². The molecule has 0 aliphatic heterocycles. The first-order chi connectivity index (χ1) is 8.43. The van der Waals surface area contributed by atoms with Crippen LogP contribution in [0.5, 0.6) is 0 Å². The number of carbonyl (C=O) groups is 1. The van der Waals surface area contributed by atoms with E-state index < -0.39 is 0 Å². The zero-order valence-corrected chi connectivity index (χ0v) is 12.3. The predicted molar refractivity (Wildman–Crippen MR) is 70.8 cm³/mol. The molecule has 6 heteroatoms. The minimum Gasteiger partial charge on any atom is -0.468 e. The first-order valence-corrected chi connectivity index (χ1v) is 6.83. The van der Waals surface area contributed by atoms with Crippen LogP contribution in [-0.2, 0) is 9.53 Å². The summed E-state index contributed by atoms with van der Waals surface area (Å²) in [6.07, 6.45) is 0. The lowest BCUT2D eigenvalue weighted by Gasteiger charge is -2.17. The molecule has 5 nitrogen and oxygen atoms in total. The van der Waals surface area contributed by atoms with Crippen LogP contribution in [0.4, 0.5) is 0 Å². The van der Waals surface area contributed by atoms with E-state index in [2.05, 4.69) is 10.3 Å². The fourth-order valence-corrected chi connectivity index (χ4v) is 2.32. The lowest BCUT2D eigenvalue weighted by Crippen LogP contribution is -2.43. The topological polar surface area (TPSA) is 64.4 Å². The van der Waals surface area contributed by atoms with Gasteiger partial charge in [-0.3, -0.25) is 4.79 Å². The van der Waals surface area contributed by atoms with E-state index >= 15 is 0 Å². The monoisotopic (exact) mass is 272 g/mol. The molecule has 0 radical (unpaired) electrons. The zero-order valence-electron chi connectivity index (χ0n) is 11.4. The highest BCUT2D eigenvalue weighted by Gasteiger charge is 2.21. The second kappa shape index (κ2) is 6.80. The Balaban J connectivity index is 2.58. The maximum Gasteiger partial charge on any atom is 0.323 e. The fourth-order valence-electron chi connectivity index (χ4n) is 1.39. The van der Waals surface area contributed by atoms with Crippen molar-refractivity contribution in [2.45, 2.75) is 45.0 Å². The van der Waals surface area contributed by atoms with Crippen LogP contribution in [0.2, 0.25) is 0 Å². The van der Waals surface area contributed by atoms with Crippen molar-refractivity contribution >= 4 is 17.7 Å². The Kier molecular flexibility index (Phi) is 5.68. The number of methoxy groups -OCH3 is 1. The normalized spacial score (nSPS) is 12.8. The summed E-state index contributed by atoms with van der Waals surface area (Å²) < 4.78 is 10.2. The highest BCUT2D eigenvalue weighted by Crippen LogP contribution is 2.21. The Morgan fingerprint density at radius 2 is 2.17 bits per heavy atom. The number of oxazole rings is 1. The third-order valence-electron chi connectivity index (χ3n) is 2.40. The first-order valence-electron chi connectivity index (χ1n) is 5.84. The third kappa shape index (κ3) is 4.34. The summed E-state index contributed by atoms with van der Waals surface area (Å²) in [5.74, 6) is 1.07. The molecular formula is C12H20N2O3S. The van der Waals surface area contributed by atoms with Gasteiger partial charge in [0, 0.05) is 11.8 Å². The summed E-state index contributed by atoms with van der Waals surface area (Å²) >= 11 is 1.41. The number of hydrogen-bond donors (Lipinski definition) is 1. The molecule has 0 aromatic carbocycles. The maximum atomic E-state index is 11.6. The van der Waals surface area contributed by atoms with E-state index in [9.17, 15) is 4.79 Å². The first kappa shape index (κ1) is 15.0. The number of nitrogens with zero attached hydrogens (tertiary/aromatic N) is 1. The second-order valence-corrected chi connectivity index (χ2v) is 5.30. The molecule has 1 heterocycles. The van der Waals surface area contributed by atoms with Crippen molar-refractivity contribution in [3.8, 4) is 0 Å². The van der Waals surface area contributed by atoms with Crippen LogP contribution in [0.3, 0.4) is 0 Å². The molecule has 0 aliphatic rings. The zero-order chi connectivity index (χ0) is 13.7. The second-order valence-electron chi connectivity index (χ2n) is 4.33. The smallest absolute Gasteiger partial charge is 0.323 e. The van der Waals surface area contributed by atoms with E-state index in [4.69, 9.17) is 9.15 Å². The summed E-state index contributed by atoms with van der Waals surface area (Å²) in [5, 5.41) is 3.74. The van der Waals surface area contributed by atoms with Gasteiger partial charge in [0.15, 0.2) is 0 Å². The van der Waals surface area contributed by atoms with Crippen molar-refractivity contribution in [2.24, 2.45) is 0 Å². The number of aryl methyl sites for hydroxylation is 2. The van der Waals surface area contributed by atoms with Gasteiger partial charge in [-0.1, -0.05) is 25.6 Å². The Morgan fingerprint density at radius 1 is 1.50 bits per heavy atom. The predicted octanol–water partition coefficient (Wildman–Crippen LogP) is 1.92. The quantitative estimate of drug-likeness (QED) is 0.630. The van der Waals surface area contributed by atoms with E-state index in [1.54, 1.807) is 0 Å². The van der Waals surface area contributed by atoms with Crippen LogP contribution in [0.25, 0.3) is 0 Å². The molecule has 1 aromatic heterocycles. The van der Waals surface area contributed by atoms with E-state index in [0.29, 0.717) is 11.0 Å². The minimum absolute atomic E-state index is 0.211. The van der Waals surface area contributed by atoms with Gasteiger partial charge in [0.05, 0.1) is 12.8 Å². The van der Waals surface area contributed by atoms with Gasteiger partial charge in [-0.05, 0) is 13.8 Å². The van der Waals surface area contributed by atoms with Gasteiger partial charge in [-0.2, -0.15) is 0 Å². The lowest BCUT2D eigenvalue weighted by atomic mass is 10.3. The molecule has 0 bridgehead atoms. The maximum absolute atomic E-state index is 11.6. The Hall–Kier alpha value is -1.01. The molecule has 0 amide bonds. The number of nitrogens with one attached hydrogen (secondary N) is 1. The van der Waals surface area contributed by atoms with Crippen molar-refractivity contribution in [3.63, 3.8) is 0 Å². The number of esters is 1. The Labute approximate surface area is 112 Å². The van der Waals surface area contributed by atoms with Gasteiger partial charge in [0.1, 0.15) is 11.8 Å². The molecule has 1 unspecified atom stereocenters. The summed E-state index contributed by atoms with van der Waals surface area (Å²) in [4.78, 5) is 15.9. The van der Waals surface area contributed by atoms with Crippen LogP contribution < -0.4 is 5.32 Å². The summed E-state index contributed by atoms with van der Waals surface area (Å²) in [6, 6.07) is -0.143. The van der Waals surface area contributed by atoms with Gasteiger partial charge in [0.25, 0.3) is 5.22 Å². The van der Waals surface area contributed by atoms with Gasteiger partial charge in [-0.15, -0.1) is 0 Å². The SMILES string of the molecule is COC(=O)C(CSc1nc(C)c(C)o1)NC(C)C. The highest BCUT2D eigenvalue weighted by atomic mass is 32.2. The highest BCUT2D eigenvalue weighted by molar-refractivity contribution is 7.99. The molecule has 1 N–H and O–H groups in total. The van der Waals surface area contributed by atoms with Crippen LogP contribution in [0.15, 0.2) is 9.64 Å². The minimum atomic E-state index is -0.354. The molecule has 0 spiro atoms. The van der Waals surface area contributed by atoms with Gasteiger partial charge >= 0.3 is 5.97 Å². The average molecular weight is 272 g/mol. The summed E-state index contributed by atoms with van der Waals surface area (Å²) in [5.41, 5.74) is 0.879. The van der Waals surface area contributed by atoms with Crippen LogP contribution >= 0.6 is 11.8 Å². The van der Waals surface area contributed by atoms with Crippen molar-refractivity contribution in [3.05, 3.63) is 11.5 Å². The number of thioether (sulfide) groups is 1. The molecule has 0 saturated carbocycles. The molecule has 0 fully saturated rings. The third-order valence-corrected chi connectivity index (χ3v) is 3.32. The van der Waals surface area contributed by atoms with E-state index in [0.717, 1.165) is 11.5 Å². The summed E-state index contributed by atoms with van der Waals surface area (Å²) in [6.45, 7) is 7.74. The number of aromatic nitrogens is 1. The standard InChI is InChI=1S/C12H20N2O3S/c1-7(2)13-10(11(15)16-5)6-18-12-14-8(3)9(4)17-12/h7,10,13H,6H2,1-5H3. The number of carbonyl (C=O) groups excluding carboxylic acids is 1. The number of hydrogen-bond acceptors (Lipinski definition) is 6. The van der Waals surface area contributed by atoms with Crippen molar-refractivity contribution in [2.75, 3.05) is 12.9 Å². The molecular weight excluding hydrogens is 252 g/mol. The molecule has 1 atom stereocenters. The number of rotatable bonds is 6. The largest absolute Gasteiger partial charge is 0.468 e. The molecule has 18 heavy (non-hydrogen) atoms.